The first-order valence-corrected chi connectivity index (χ1v) is 6.63. The number of amides is 4. The molecule has 1 aromatic heterocycles. The minimum atomic E-state index is -0.991. The minimum Gasteiger partial charge on any atom is -0.459 e. The summed E-state index contributed by atoms with van der Waals surface area (Å²) in [5.41, 5.74) is 0. The van der Waals surface area contributed by atoms with E-state index in [9.17, 15) is 19.2 Å². The number of rotatable bonds is 7. The maximum Gasteiger partial charge on any atom is 0.328 e. The number of esters is 1. The molecule has 0 aliphatic carbocycles. The summed E-state index contributed by atoms with van der Waals surface area (Å²) in [5.74, 6) is -2.18. The molecule has 0 saturated heterocycles. The van der Waals surface area contributed by atoms with E-state index in [0.717, 1.165) is 0 Å². The van der Waals surface area contributed by atoms with Gasteiger partial charge in [0.1, 0.15) is 6.04 Å². The Bertz CT molecular complexity index is 581. The number of hydrogen-bond donors (Lipinski definition) is 3. The zero-order chi connectivity index (χ0) is 17.2. The quantitative estimate of drug-likeness (QED) is 0.477. The molecule has 0 saturated carbocycles. The van der Waals surface area contributed by atoms with Crippen LogP contribution in [0.25, 0.3) is 0 Å². The van der Waals surface area contributed by atoms with E-state index < -0.39 is 36.5 Å². The lowest BCUT2D eigenvalue weighted by Crippen LogP contribution is -2.43. The third-order valence-electron chi connectivity index (χ3n) is 2.45. The average molecular weight is 323 g/mol. The van der Waals surface area contributed by atoms with E-state index in [0.29, 0.717) is 0 Å². The molecule has 9 heteroatoms. The van der Waals surface area contributed by atoms with Crippen LogP contribution in [0.5, 0.6) is 0 Å². The van der Waals surface area contributed by atoms with Crippen LogP contribution in [-0.4, -0.2) is 43.0 Å². The van der Waals surface area contributed by atoms with Crippen molar-refractivity contribution in [3.8, 4) is 0 Å². The number of ether oxygens (including phenoxy) is 1. The van der Waals surface area contributed by atoms with Gasteiger partial charge in [-0.3, -0.25) is 14.9 Å². The van der Waals surface area contributed by atoms with Crippen molar-refractivity contribution < 1.29 is 28.3 Å². The lowest BCUT2D eigenvalue weighted by atomic mass is 10.3. The van der Waals surface area contributed by atoms with Crippen LogP contribution in [0, 0.1) is 0 Å². The van der Waals surface area contributed by atoms with Crippen molar-refractivity contribution in [3.63, 3.8) is 0 Å². The monoisotopic (exact) mass is 323 g/mol. The molecule has 124 valence electrons. The Morgan fingerprint density at radius 1 is 1.39 bits per heavy atom. The molecule has 4 amide bonds. The molecule has 0 spiro atoms. The highest BCUT2D eigenvalue weighted by Gasteiger charge is 2.20. The van der Waals surface area contributed by atoms with Crippen molar-refractivity contribution in [2.24, 2.45) is 0 Å². The molecule has 1 rings (SSSR count). The van der Waals surface area contributed by atoms with E-state index in [1.54, 1.807) is 0 Å². The van der Waals surface area contributed by atoms with Gasteiger partial charge in [0.05, 0.1) is 6.26 Å². The molecule has 23 heavy (non-hydrogen) atoms. The number of furan rings is 1. The van der Waals surface area contributed by atoms with Gasteiger partial charge in [-0.1, -0.05) is 6.08 Å². The summed E-state index contributed by atoms with van der Waals surface area (Å²) in [6, 6.07) is 1.24. The van der Waals surface area contributed by atoms with Gasteiger partial charge in [0.2, 0.25) is 0 Å². The van der Waals surface area contributed by atoms with Crippen molar-refractivity contribution in [3.05, 3.63) is 36.8 Å². The van der Waals surface area contributed by atoms with Crippen LogP contribution < -0.4 is 16.0 Å². The highest BCUT2D eigenvalue weighted by Crippen LogP contribution is 2.00. The van der Waals surface area contributed by atoms with E-state index in [1.165, 1.54) is 31.4 Å². The summed E-state index contributed by atoms with van der Waals surface area (Å²) < 4.78 is 9.56. The normalized spacial score (nSPS) is 11.0. The molecule has 0 aliphatic rings. The van der Waals surface area contributed by atoms with E-state index >= 15 is 0 Å². The van der Waals surface area contributed by atoms with Gasteiger partial charge in [0.25, 0.3) is 11.8 Å². The van der Waals surface area contributed by atoms with Crippen LogP contribution in [0.2, 0.25) is 0 Å². The molecular formula is C14H17N3O6. The molecule has 3 N–H and O–H groups in total. The van der Waals surface area contributed by atoms with Crippen LogP contribution in [0.3, 0.4) is 0 Å². The summed E-state index contributed by atoms with van der Waals surface area (Å²) in [6.45, 7) is 4.32. The van der Waals surface area contributed by atoms with Crippen molar-refractivity contribution >= 4 is 23.8 Å². The topological polar surface area (TPSA) is 127 Å². The van der Waals surface area contributed by atoms with E-state index in [-0.39, 0.29) is 12.3 Å². The molecule has 1 atom stereocenters. The predicted octanol–water partition coefficient (Wildman–Crippen LogP) is -0.0471. The molecule has 1 aromatic rings. The predicted molar refractivity (Wildman–Crippen MR) is 78.3 cm³/mol. The number of urea groups is 1. The Morgan fingerprint density at radius 3 is 2.74 bits per heavy atom. The molecule has 0 bridgehead atoms. The number of nitrogens with one attached hydrogen (secondary N) is 3. The van der Waals surface area contributed by atoms with Gasteiger partial charge < -0.3 is 19.8 Å². The lowest BCUT2D eigenvalue weighted by Gasteiger charge is -2.12. The Labute approximate surface area is 132 Å². The third-order valence-corrected chi connectivity index (χ3v) is 2.45. The Morgan fingerprint density at radius 2 is 2.13 bits per heavy atom. The fraction of sp³-hybridized carbons (Fsp3) is 0.286. The molecule has 9 nitrogen and oxygen atoms in total. The second-order valence-electron chi connectivity index (χ2n) is 4.33. The number of carbonyl (C=O) groups is 4. The van der Waals surface area contributed by atoms with Crippen molar-refractivity contribution in [2.45, 2.75) is 13.0 Å². The standard InChI is InChI=1S/C14H17N3O6/c1-3-6-15-14(21)17-11(18)8-23-13(20)9(2)16-12(19)10-5-4-7-22-10/h3-5,7,9H,1,6,8H2,2H3,(H,16,19)(H2,15,17,18,21)/t9-/m0/s1. The minimum absolute atomic E-state index is 0.0429. The van der Waals surface area contributed by atoms with Crippen molar-refractivity contribution in [1.82, 2.24) is 16.0 Å². The summed E-state index contributed by atoms with van der Waals surface area (Å²) in [5, 5.41) is 6.62. The summed E-state index contributed by atoms with van der Waals surface area (Å²) >= 11 is 0. The average Bonchev–Trinajstić information content (AvgIpc) is 3.04. The SMILES string of the molecule is C=CCNC(=O)NC(=O)COC(=O)[C@H](C)NC(=O)c1ccco1. The lowest BCUT2D eigenvalue weighted by molar-refractivity contribution is -0.149. The number of imide groups is 1. The first kappa shape index (κ1) is 18.0. The smallest absolute Gasteiger partial charge is 0.328 e. The van der Waals surface area contributed by atoms with Crippen LogP contribution in [0.4, 0.5) is 4.79 Å². The maximum atomic E-state index is 11.7. The van der Waals surface area contributed by atoms with Crippen LogP contribution >= 0.6 is 0 Å². The second-order valence-corrected chi connectivity index (χ2v) is 4.33. The zero-order valence-electron chi connectivity index (χ0n) is 12.5. The highest BCUT2D eigenvalue weighted by atomic mass is 16.5. The zero-order valence-corrected chi connectivity index (χ0v) is 12.5. The first-order chi connectivity index (χ1) is 10.9. The van der Waals surface area contributed by atoms with Gasteiger partial charge in [0, 0.05) is 6.54 Å². The Hall–Kier alpha value is -3.10. The molecule has 1 heterocycles. The van der Waals surface area contributed by atoms with Gasteiger partial charge in [-0.15, -0.1) is 6.58 Å². The first-order valence-electron chi connectivity index (χ1n) is 6.63. The fourth-order valence-electron chi connectivity index (χ4n) is 1.37. The van der Waals surface area contributed by atoms with E-state index in [2.05, 4.69) is 17.2 Å². The maximum absolute atomic E-state index is 11.7. The Kier molecular flexibility index (Phi) is 7.05. The van der Waals surface area contributed by atoms with Crippen LogP contribution in [0.1, 0.15) is 17.5 Å². The number of hydrogen-bond acceptors (Lipinski definition) is 6. The molecule has 0 radical (unpaired) electrons. The second kappa shape index (κ2) is 9.03. The summed E-state index contributed by atoms with van der Waals surface area (Å²) in [6.07, 6.45) is 2.76. The summed E-state index contributed by atoms with van der Waals surface area (Å²) in [4.78, 5) is 45.8. The van der Waals surface area contributed by atoms with Gasteiger partial charge in [-0.05, 0) is 19.1 Å². The fourth-order valence-corrected chi connectivity index (χ4v) is 1.37. The van der Waals surface area contributed by atoms with E-state index in [4.69, 9.17) is 9.15 Å². The molecule has 0 fully saturated rings. The van der Waals surface area contributed by atoms with Crippen LogP contribution in [-0.2, 0) is 14.3 Å². The van der Waals surface area contributed by atoms with Gasteiger partial charge >= 0.3 is 12.0 Å². The number of carbonyl (C=O) groups excluding carboxylic acids is 4. The van der Waals surface area contributed by atoms with Crippen molar-refractivity contribution in [1.29, 1.82) is 0 Å². The van der Waals surface area contributed by atoms with Gasteiger partial charge in [-0.2, -0.15) is 0 Å². The van der Waals surface area contributed by atoms with Gasteiger partial charge in [-0.25, -0.2) is 9.59 Å². The molecule has 0 aromatic carbocycles. The summed E-state index contributed by atoms with van der Waals surface area (Å²) in [7, 11) is 0. The van der Waals surface area contributed by atoms with E-state index in [1.807, 2.05) is 5.32 Å². The van der Waals surface area contributed by atoms with Crippen molar-refractivity contribution in [2.75, 3.05) is 13.2 Å². The molecular weight excluding hydrogens is 306 g/mol. The third kappa shape index (κ3) is 6.46. The highest BCUT2D eigenvalue weighted by molar-refractivity contribution is 5.96. The van der Waals surface area contributed by atoms with Crippen LogP contribution in [0.15, 0.2) is 35.5 Å². The largest absolute Gasteiger partial charge is 0.459 e. The molecule has 0 aliphatic heterocycles. The Balaban J connectivity index is 2.32. The van der Waals surface area contributed by atoms with Gasteiger partial charge in [0.15, 0.2) is 12.4 Å². The molecule has 0 unspecified atom stereocenters.